The lowest BCUT2D eigenvalue weighted by Crippen LogP contribution is -2.15. The molecule has 0 saturated carbocycles. The predicted octanol–water partition coefficient (Wildman–Crippen LogP) is 1.57. The molecule has 0 unspecified atom stereocenters. The lowest BCUT2D eigenvalue weighted by molar-refractivity contribution is 0.137. The molecule has 0 aliphatic carbocycles. The van der Waals surface area contributed by atoms with Crippen LogP contribution in [0.4, 0.5) is 17.6 Å². The zero-order valence-electron chi connectivity index (χ0n) is 16.8. The van der Waals surface area contributed by atoms with Gasteiger partial charge in [-0.15, -0.1) is 0 Å². The van der Waals surface area contributed by atoms with Crippen LogP contribution in [-0.2, 0) is 17.8 Å². The minimum Gasteiger partial charge on any atom is -0.380 e. The summed E-state index contributed by atoms with van der Waals surface area (Å²) in [5, 5.41) is 11.4. The molecule has 3 aromatic heterocycles. The summed E-state index contributed by atoms with van der Waals surface area (Å²) in [5.74, 6) is 1.91. The summed E-state index contributed by atoms with van der Waals surface area (Å²) in [6.07, 6.45) is 3.18. The van der Waals surface area contributed by atoms with Gasteiger partial charge in [0.05, 0.1) is 13.2 Å². The van der Waals surface area contributed by atoms with E-state index in [1.54, 1.807) is 12.3 Å². The maximum absolute atomic E-state index is 5.53. The zero-order valence-corrected chi connectivity index (χ0v) is 16.8. The van der Waals surface area contributed by atoms with Gasteiger partial charge in [0.1, 0.15) is 28.9 Å². The molecular weight excluding hydrogens is 358 g/mol. The molecule has 0 spiro atoms. The van der Waals surface area contributed by atoms with E-state index in [-0.39, 0.29) is 0 Å². The van der Waals surface area contributed by atoms with Crippen molar-refractivity contribution in [3.05, 3.63) is 24.3 Å². The van der Waals surface area contributed by atoms with Gasteiger partial charge in [0.15, 0.2) is 5.82 Å². The average molecular weight is 385 g/mol. The third-order valence-corrected chi connectivity index (χ3v) is 4.07. The van der Waals surface area contributed by atoms with Gasteiger partial charge >= 0.3 is 0 Å². The molecule has 3 heterocycles. The van der Waals surface area contributed by atoms with Gasteiger partial charge in [0, 0.05) is 33.4 Å². The maximum Gasteiger partial charge on any atom is 0.227 e. The summed E-state index contributed by atoms with van der Waals surface area (Å²) >= 11 is 0. The van der Waals surface area contributed by atoms with Crippen LogP contribution in [0.3, 0.4) is 0 Å². The van der Waals surface area contributed by atoms with Crippen molar-refractivity contribution in [2.75, 3.05) is 44.1 Å². The first-order valence-corrected chi connectivity index (χ1v) is 9.40. The van der Waals surface area contributed by atoms with E-state index in [1.807, 2.05) is 30.6 Å². The Hall–Kier alpha value is -2.85. The molecule has 0 amide bonds. The molecule has 10 heteroatoms. The Morgan fingerprint density at radius 2 is 2.07 bits per heavy atom. The van der Waals surface area contributed by atoms with Gasteiger partial charge in [-0.05, 0) is 19.5 Å². The summed E-state index contributed by atoms with van der Waals surface area (Å²) in [7, 11) is 3.83. The van der Waals surface area contributed by atoms with Gasteiger partial charge in [-0.3, -0.25) is 4.68 Å². The number of anilines is 3. The highest BCUT2D eigenvalue weighted by Gasteiger charge is 2.19. The zero-order chi connectivity index (χ0) is 19.9. The molecule has 3 aromatic rings. The maximum atomic E-state index is 5.53. The number of nitrogens with zero attached hydrogens (tertiary/aromatic N) is 7. The van der Waals surface area contributed by atoms with E-state index in [0.717, 1.165) is 23.3 Å². The molecule has 2 N–H and O–H groups in total. The highest BCUT2D eigenvalue weighted by atomic mass is 16.5. The molecule has 3 rings (SSSR count). The van der Waals surface area contributed by atoms with Crippen molar-refractivity contribution < 1.29 is 4.74 Å². The van der Waals surface area contributed by atoms with Crippen LogP contribution in [0.1, 0.15) is 19.5 Å². The SMILES string of the molecule is CCNCc1nn(CCOCC)c2c(Nc3ccncn3)nc(N(C)C)nc12. The standard InChI is InChI=1S/C18H27N9O/c1-5-19-11-13-15-16(27(25-13)9-10-28-6-2)17(24-18(23-15)26(3)4)22-14-7-8-20-12-21-14/h7-8,12,19H,5-6,9-11H2,1-4H3,(H,20,21,22,23,24). The summed E-state index contributed by atoms with van der Waals surface area (Å²) in [6, 6.07) is 1.80. The summed E-state index contributed by atoms with van der Waals surface area (Å²) in [4.78, 5) is 19.6. The monoisotopic (exact) mass is 385 g/mol. The number of nitrogens with one attached hydrogen (secondary N) is 2. The first-order chi connectivity index (χ1) is 13.6. The number of fused-ring (bicyclic) bond motifs is 1. The van der Waals surface area contributed by atoms with Crippen LogP contribution < -0.4 is 15.5 Å². The Kier molecular flexibility index (Phi) is 6.66. The highest BCUT2D eigenvalue weighted by Crippen LogP contribution is 2.27. The summed E-state index contributed by atoms with van der Waals surface area (Å²) in [6.45, 7) is 7.37. The summed E-state index contributed by atoms with van der Waals surface area (Å²) in [5.41, 5.74) is 2.52. The van der Waals surface area contributed by atoms with E-state index < -0.39 is 0 Å². The van der Waals surface area contributed by atoms with E-state index in [4.69, 9.17) is 19.8 Å². The van der Waals surface area contributed by atoms with Crippen molar-refractivity contribution >= 4 is 28.6 Å². The number of hydrogen-bond donors (Lipinski definition) is 2. The second-order valence-corrected chi connectivity index (χ2v) is 6.33. The highest BCUT2D eigenvalue weighted by molar-refractivity contribution is 5.90. The fraction of sp³-hybridized carbons (Fsp3) is 0.500. The van der Waals surface area contributed by atoms with Crippen LogP contribution in [-0.4, -0.2) is 63.6 Å². The molecule has 0 atom stereocenters. The lowest BCUT2D eigenvalue weighted by Gasteiger charge is -2.14. The van der Waals surface area contributed by atoms with Crippen LogP contribution in [0.5, 0.6) is 0 Å². The lowest BCUT2D eigenvalue weighted by atomic mass is 10.3. The molecule has 0 bridgehead atoms. The third-order valence-electron chi connectivity index (χ3n) is 4.07. The molecule has 0 aliphatic rings. The third kappa shape index (κ3) is 4.52. The van der Waals surface area contributed by atoms with E-state index >= 15 is 0 Å². The number of rotatable bonds is 10. The smallest absolute Gasteiger partial charge is 0.227 e. The molecule has 0 radical (unpaired) electrons. The van der Waals surface area contributed by atoms with Gasteiger partial charge in [-0.2, -0.15) is 10.1 Å². The molecule has 150 valence electrons. The Morgan fingerprint density at radius 1 is 1.21 bits per heavy atom. The topological polar surface area (TPSA) is 106 Å². The molecular formula is C18H27N9O. The molecule has 28 heavy (non-hydrogen) atoms. The van der Waals surface area contributed by atoms with Gasteiger partial charge in [0.2, 0.25) is 5.95 Å². The first-order valence-electron chi connectivity index (χ1n) is 9.40. The van der Waals surface area contributed by atoms with Crippen molar-refractivity contribution in [1.82, 2.24) is 35.0 Å². The average Bonchev–Trinajstić information content (AvgIpc) is 3.05. The van der Waals surface area contributed by atoms with Gasteiger partial charge in [0.25, 0.3) is 0 Å². The minimum atomic E-state index is 0.566. The van der Waals surface area contributed by atoms with Crippen LogP contribution in [0.15, 0.2) is 18.6 Å². The number of aromatic nitrogens is 6. The van der Waals surface area contributed by atoms with E-state index in [2.05, 4.69) is 27.5 Å². The Labute approximate surface area is 164 Å². The second kappa shape index (κ2) is 9.38. The predicted molar refractivity (Wildman–Crippen MR) is 109 cm³/mol. The minimum absolute atomic E-state index is 0.566. The molecule has 0 aromatic carbocycles. The van der Waals surface area contributed by atoms with Crippen LogP contribution in [0.25, 0.3) is 11.0 Å². The fourth-order valence-electron chi connectivity index (χ4n) is 2.72. The molecule has 0 saturated heterocycles. The molecule has 0 aliphatic heterocycles. The number of hydrogen-bond acceptors (Lipinski definition) is 9. The van der Waals surface area contributed by atoms with E-state index in [0.29, 0.717) is 43.9 Å². The Balaban J connectivity index is 2.12. The summed E-state index contributed by atoms with van der Waals surface area (Å²) < 4.78 is 7.43. The van der Waals surface area contributed by atoms with Crippen LogP contribution in [0, 0.1) is 0 Å². The molecule has 0 fully saturated rings. The fourth-order valence-corrected chi connectivity index (χ4v) is 2.72. The quantitative estimate of drug-likeness (QED) is 0.503. The van der Waals surface area contributed by atoms with Crippen LogP contribution in [0.2, 0.25) is 0 Å². The van der Waals surface area contributed by atoms with Crippen molar-refractivity contribution in [2.45, 2.75) is 26.9 Å². The van der Waals surface area contributed by atoms with Crippen molar-refractivity contribution in [2.24, 2.45) is 0 Å². The van der Waals surface area contributed by atoms with E-state index in [9.17, 15) is 0 Å². The molecule has 10 nitrogen and oxygen atoms in total. The number of ether oxygens (including phenoxy) is 1. The van der Waals surface area contributed by atoms with Gasteiger partial charge in [-0.1, -0.05) is 6.92 Å². The van der Waals surface area contributed by atoms with Gasteiger partial charge in [-0.25, -0.2) is 15.0 Å². The van der Waals surface area contributed by atoms with Crippen molar-refractivity contribution in [3.63, 3.8) is 0 Å². The normalized spacial score (nSPS) is 11.1. The van der Waals surface area contributed by atoms with Crippen molar-refractivity contribution in [1.29, 1.82) is 0 Å². The largest absolute Gasteiger partial charge is 0.380 e. The van der Waals surface area contributed by atoms with Crippen LogP contribution >= 0.6 is 0 Å². The first kappa shape index (κ1) is 19.9. The van der Waals surface area contributed by atoms with Gasteiger partial charge < -0.3 is 20.3 Å². The second-order valence-electron chi connectivity index (χ2n) is 6.33. The van der Waals surface area contributed by atoms with E-state index in [1.165, 1.54) is 6.33 Å². The van der Waals surface area contributed by atoms with Crippen molar-refractivity contribution in [3.8, 4) is 0 Å². The Bertz CT molecular complexity index is 895. The Morgan fingerprint density at radius 3 is 2.75 bits per heavy atom.